The van der Waals surface area contributed by atoms with Gasteiger partial charge in [-0.3, -0.25) is 9.88 Å². The summed E-state index contributed by atoms with van der Waals surface area (Å²) in [5.41, 5.74) is 7.29. The molecule has 0 aromatic carbocycles. The van der Waals surface area contributed by atoms with E-state index in [0.717, 1.165) is 31.1 Å². The summed E-state index contributed by atoms with van der Waals surface area (Å²) >= 11 is 0. The number of hydrogen-bond donors (Lipinski definition) is 2. The molecule has 1 saturated heterocycles. The maximum Gasteiger partial charge on any atom is 0.189 e. The highest BCUT2D eigenvalue weighted by Crippen LogP contribution is 2.23. The van der Waals surface area contributed by atoms with Crippen LogP contribution in [0.2, 0.25) is 0 Å². The Hall–Kier alpha value is -1.62. The van der Waals surface area contributed by atoms with Crippen LogP contribution in [0.15, 0.2) is 23.5 Å². The minimum absolute atomic E-state index is 0.0847. The summed E-state index contributed by atoms with van der Waals surface area (Å²) in [5, 5.41) is 11.9. The fourth-order valence-corrected chi connectivity index (χ4v) is 2.93. The molecule has 0 unspecified atom stereocenters. The molecular formula is C15H24N4O. The Morgan fingerprint density at radius 2 is 2.25 bits per heavy atom. The van der Waals surface area contributed by atoms with E-state index >= 15 is 0 Å². The van der Waals surface area contributed by atoms with E-state index in [0.29, 0.717) is 5.69 Å². The monoisotopic (exact) mass is 276 g/mol. The topological polar surface area (TPSA) is 74.7 Å². The molecule has 1 aliphatic heterocycles. The molecule has 110 valence electrons. The fourth-order valence-electron chi connectivity index (χ4n) is 2.93. The van der Waals surface area contributed by atoms with E-state index in [1.54, 1.807) is 6.20 Å². The average molecular weight is 276 g/mol. The van der Waals surface area contributed by atoms with Crippen LogP contribution in [-0.2, 0) is 6.54 Å². The lowest BCUT2D eigenvalue weighted by atomic mass is 9.92. The van der Waals surface area contributed by atoms with Gasteiger partial charge in [0.25, 0.3) is 0 Å². The molecule has 3 N–H and O–H groups in total. The predicted molar refractivity (Wildman–Crippen MR) is 79.7 cm³/mol. The molecule has 2 rings (SSSR count). The molecule has 0 atom stereocenters. The van der Waals surface area contributed by atoms with E-state index < -0.39 is 0 Å². The molecule has 0 bridgehead atoms. The molecule has 0 aliphatic carbocycles. The van der Waals surface area contributed by atoms with E-state index in [4.69, 9.17) is 10.9 Å². The Bertz CT molecular complexity index is 453. The van der Waals surface area contributed by atoms with Crippen molar-refractivity contribution >= 4 is 5.84 Å². The van der Waals surface area contributed by atoms with Gasteiger partial charge in [0.05, 0.1) is 0 Å². The summed E-state index contributed by atoms with van der Waals surface area (Å²) in [5.74, 6) is 0.968. The predicted octanol–water partition coefficient (Wildman–Crippen LogP) is 2.19. The number of rotatable bonds is 5. The fraction of sp³-hybridized carbons (Fsp3) is 0.600. The highest BCUT2D eigenvalue weighted by atomic mass is 16.4. The Kier molecular flexibility index (Phi) is 5.35. The third-order valence-electron chi connectivity index (χ3n) is 4.04. The molecule has 1 fully saturated rings. The molecule has 0 radical (unpaired) electrons. The zero-order valence-corrected chi connectivity index (χ0v) is 12.1. The number of oxime groups is 1. The smallest absolute Gasteiger partial charge is 0.189 e. The lowest BCUT2D eigenvalue weighted by molar-refractivity contribution is 0.171. The van der Waals surface area contributed by atoms with Crippen molar-refractivity contribution in [3.63, 3.8) is 0 Å². The molecule has 5 heteroatoms. The molecule has 1 aromatic rings. The van der Waals surface area contributed by atoms with Crippen LogP contribution >= 0.6 is 0 Å². The Balaban J connectivity index is 1.98. The first-order chi connectivity index (χ1) is 9.74. The first-order valence-corrected chi connectivity index (χ1v) is 7.38. The first-order valence-electron chi connectivity index (χ1n) is 7.38. The van der Waals surface area contributed by atoms with Crippen LogP contribution in [-0.4, -0.2) is 34.0 Å². The lowest BCUT2D eigenvalue weighted by Crippen LogP contribution is -2.34. The van der Waals surface area contributed by atoms with Crippen LogP contribution in [0.1, 0.15) is 43.9 Å². The van der Waals surface area contributed by atoms with E-state index in [9.17, 15) is 0 Å². The second-order valence-electron chi connectivity index (χ2n) is 5.50. The molecule has 1 aliphatic rings. The third-order valence-corrected chi connectivity index (χ3v) is 4.04. The second-order valence-corrected chi connectivity index (χ2v) is 5.50. The number of piperidine rings is 1. The summed E-state index contributed by atoms with van der Waals surface area (Å²) < 4.78 is 0. The Labute approximate surface area is 120 Å². The normalized spacial score (nSPS) is 18.4. The van der Waals surface area contributed by atoms with Gasteiger partial charge in [0.1, 0.15) is 5.69 Å². The van der Waals surface area contributed by atoms with Gasteiger partial charge in [-0.15, -0.1) is 0 Å². The number of nitrogens with two attached hydrogens (primary N) is 1. The van der Waals surface area contributed by atoms with Gasteiger partial charge in [0.15, 0.2) is 5.84 Å². The van der Waals surface area contributed by atoms with E-state index in [2.05, 4.69) is 22.0 Å². The van der Waals surface area contributed by atoms with Crippen LogP contribution < -0.4 is 5.73 Å². The molecule has 1 aromatic heterocycles. The third kappa shape index (κ3) is 3.70. The Morgan fingerprint density at radius 1 is 1.50 bits per heavy atom. The van der Waals surface area contributed by atoms with Crippen molar-refractivity contribution in [2.75, 3.05) is 13.1 Å². The van der Waals surface area contributed by atoms with Crippen LogP contribution in [0.25, 0.3) is 0 Å². The standard InChI is InChI=1S/C15H24N4O/c1-2-4-12-6-9-19(10-7-12)11-13-5-3-8-17-14(13)15(16)18-20/h3,5,8,12,20H,2,4,6-7,9-11H2,1H3,(H2,16,18). The number of likely N-dealkylation sites (tertiary alicyclic amines) is 1. The van der Waals surface area contributed by atoms with Crippen molar-refractivity contribution in [2.45, 2.75) is 39.2 Å². The minimum atomic E-state index is 0.0847. The highest BCUT2D eigenvalue weighted by molar-refractivity contribution is 5.96. The zero-order valence-electron chi connectivity index (χ0n) is 12.1. The van der Waals surface area contributed by atoms with Gasteiger partial charge in [0.2, 0.25) is 0 Å². The number of amidine groups is 1. The molecule has 5 nitrogen and oxygen atoms in total. The quantitative estimate of drug-likeness (QED) is 0.374. The minimum Gasteiger partial charge on any atom is -0.409 e. The molecule has 0 amide bonds. The van der Waals surface area contributed by atoms with Crippen molar-refractivity contribution < 1.29 is 5.21 Å². The van der Waals surface area contributed by atoms with Crippen molar-refractivity contribution in [2.24, 2.45) is 16.8 Å². The molecule has 0 saturated carbocycles. The van der Waals surface area contributed by atoms with Gasteiger partial charge in [-0.05, 0) is 43.5 Å². The van der Waals surface area contributed by atoms with Gasteiger partial charge < -0.3 is 10.9 Å². The molecule has 0 spiro atoms. The van der Waals surface area contributed by atoms with E-state index in [1.165, 1.54) is 25.7 Å². The van der Waals surface area contributed by atoms with Gasteiger partial charge in [-0.2, -0.15) is 0 Å². The zero-order chi connectivity index (χ0) is 14.4. The van der Waals surface area contributed by atoms with Crippen molar-refractivity contribution in [3.8, 4) is 0 Å². The lowest BCUT2D eigenvalue weighted by Gasteiger charge is -2.32. The maximum atomic E-state index is 8.82. The van der Waals surface area contributed by atoms with Crippen LogP contribution in [0.5, 0.6) is 0 Å². The first kappa shape index (κ1) is 14.8. The van der Waals surface area contributed by atoms with E-state index in [-0.39, 0.29) is 5.84 Å². The highest BCUT2D eigenvalue weighted by Gasteiger charge is 2.20. The maximum absolute atomic E-state index is 8.82. The SMILES string of the molecule is CCCC1CCN(Cc2cccnc2C(N)=NO)CC1. The second kappa shape index (κ2) is 7.24. The van der Waals surface area contributed by atoms with Crippen molar-refractivity contribution in [1.82, 2.24) is 9.88 Å². The number of pyridine rings is 1. The largest absolute Gasteiger partial charge is 0.409 e. The molecular weight excluding hydrogens is 252 g/mol. The number of nitrogens with zero attached hydrogens (tertiary/aromatic N) is 3. The average Bonchev–Trinajstić information content (AvgIpc) is 2.49. The van der Waals surface area contributed by atoms with Crippen LogP contribution in [0.4, 0.5) is 0 Å². The Morgan fingerprint density at radius 3 is 2.90 bits per heavy atom. The van der Waals surface area contributed by atoms with Gasteiger partial charge >= 0.3 is 0 Å². The van der Waals surface area contributed by atoms with Gasteiger partial charge in [-0.1, -0.05) is 31.0 Å². The summed E-state index contributed by atoms with van der Waals surface area (Å²) in [6, 6.07) is 3.89. The van der Waals surface area contributed by atoms with Crippen LogP contribution in [0.3, 0.4) is 0 Å². The molecule has 20 heavy (non-hydrogen) atoms. The summed E-state index contributed by atoms with van der Waals surface area (Å²) in [4.78, 5) is 6.64. The van der Waals surface area contributed by atoms with Crippen LogP contribution in [0, 0.1) is 5.92 Å². The summed E-state index contributed by atoms with van der Waals surface area (Å²) in [6.07, 6.45) is 6.83. The van der Waals surface area contributed by atoms with Gasteiger partial charge in [0, 0.05) is 12.7 Å². The number of hydrogen-bond acceptors (Lipinski definition) is 4. The molecule has 2 heterocycles. The van der Waals surface area contributed by atoms with E-state index in [1.807, 2.05) is 12.1 Å². The summed E-state index contributed by atoms with van der Waals surface area (Å²) in [6.45, 7) is 5.31. The van der Waals surface area contributed by atoms with Gasteiger partial charge in [-0.25, -0.2) is 0 Å². The van der Waals surface area contributed by atoms with Crippen molar-refractivity contribution in [3.05, 3.63) is 29.6 Å². The number of aromatic nitrogens is 1. The van der Waals surface area contributed by atoms with Crippen molar-refractivity contribution in [1.29, 1.82) is 0 Å². The summed E-state index contributed by atoms with van der Waals surface area (Å²) in [7, 11) is 0.